The van der Waals surface area contributed by atoms with E-state index < -0.39 is 0 Å². The Hall–Kier alpha value is -0.0400. The normalized spacial score (nSPS) is 22.7. The van der Waals surface area contributed by atoms with E-state index in [1.54, 1.807) is 0 Å². The molecule has 0 heterocycles. The fourth-order valence-electron chi connectivity index (χ4n) is 3.21. The fraction of sp³-hybridized carbons (Fsp3) is 1.00. The van der Waals surface area contributed by atoms with Crippen molar-refractivity contribution in [3.8, 4) is 0 Å². The molecule has 1 aliphatic rings. The molecule has 1 fully saturated rings. The maximum Gasteiger partial charge on any atom is 0.00104 e. The van der Waals surface area contributed by atoms with E-state index in [9.17, 15) is 0 Å². The van der Waals surface area contributed by atoms with Crippen LogP contribution in [0.5, 0.6) is 0 Å². The summed E-state index contributed by atoms with van der Waals surface area (Å²) in [6.45, 7) is 8.07. The van der Waals surface area contributed by atoms with Gasteiger partial charge in [-0.1, -0.05) is 78.6 Å². The SMILES string of the molecule is CCCCCCCCCCC1CCC1CNC(C)C. The van der Waals surface area contributed by atoms with E-state index in [0.29, 0.717) is 6.04 Å². The lowest BCUT2D eigenvalue weighted by Crippen LogP contribution is -2.37. The molecule has 0 aliphatic heterocycles. The molecule has 114 valence electrons. The van der Waals surface area contributed by atoms with Crippen molar-refractivity contribution in [2.24, 2.45) is 11.8 Å². The Morgan fingerprint density at radius 1 is 0.842 bits per heavy atom. The molecule has 1 aliphatic carbocycles. The largest absolute Gasteiger partial charge is 0.314 e. The summed E-state index contributed by atoms with van der Waals surface area (Å²) < 4.78 is 0. The number of hydrogen-bond acceptors (Lipinski definition) is 1. The minimum absolute atomic E-state index is 0.657. The summed E-state index contributed by atoms with van der Waals surface area (Å²) in [6, 6.07) is 0.657. The maximum atomic E-state index is 3.61. The average Bonchev–Trinajstić information content (AvgIpc) is 2.35. The summed E-state index contributed by atoms with van der Waals surface area (Å²) in [5.41, 5.74) is 0. The van der Waals surface area contributed by atoms with Gasteiger partial charge in [-0.15, -0.1) is 0 Å². The number of rotatable bonds is 12. The molecule has 1 nitrogen and oxygen atoms in total. The van der Waals surface area contributed by atoms with E-state index >= 15 is 0 Å². The monoisotopic (exact) mass is 267 g/mol. The van der Waals surface area contributed by atoms with Crippen LogP contribution in [0, 0.1) is 11.8 Å². The molecule has 2 unspecified atom stereocenters. The number of unbranched alkanes of at least 4 members (excludes halogenated alkanes) is 7. The third kappa shape index (κ3) is 7.97. The smallest absolute Gasteiger partial charge is 0.00104 e. The molecule has 1 N–H and O–H groups in total. The van der Waals surface area contributed by atoms with Gasteiger partial charge in [-0.3, -0.25) is 0 Å². The Balaban J connectivity index is 1.87. The van der Waals surface area contributed by atoms with Gasteiger partial charge in [0.05, 0.1) is 0 Å². The van der Waals surface area contributed by atoms with Crippen LogP contribution in [0.1, 0.15) is 91.4 Å². The van der Waals surface area contributed by atoms with E-state index in [0.717, 1.165) is 11.8 Å². The highest BCUT2D eigenvalue weighted by Crippen LogP contribution is 2.37. The van der Waals surface area contributed by atoms with Crippen LogP contribution in [-0.4, -0.2) is 12.6 Å². The third-order valence-corrected chi connectivity index (χ3v) is 4.79. The molecule has 1 heteroatoms. The second-order valence-corrected chi connectivity index (χ2v) is 6.92. The molecule has 0 aromatic rings. The van der Waals surface area contributed by atoms with Gasteiger partial charge in [0.15, 0.2) is 0 Å². The molecule has 0 amide bonds. The standard InChI is InChI=1S/C18H37N/c1-4-5-6-7-8-9-10-11-12-17-13-14-18(17)15-19-16(2)3/h16-19H,4-15H2,1-3H3. The number of hydrogen-bond donors (Lipinski definition) is 1. The van der Waals surface area contributed by atoms with Gasteiger partial charge in [0.25, 0.3) is 0 Å². The van der Waals surface area contributed by atoms with Crippen molar-refractivity contribution in [1.29, 1.82) is 0 Å². The predicted molar refractivity (Wildman–Crippen MR) is 86.6 cm³/mol. The third-order valence-electron chi connectivity index (χ3n) is 4.79. The Morgan fingerprint density at radius 2 is 1.42 bits per heavy atom. The summed E-state index contributed by atoms with van der Waals surface area (Å²) in [5.74, 6) is 2.04. The van der Waals surface area contributed by atoms with Gasteiger partial charge in [-0.05, 0) is 31.2 Å². The Kier molecular flexibility index (Phi) is 9.59. The van der Waals surface area contributed by atoms with Crippen molar-refractivity contribution in [1.82, 2.24) is 5.32 Å². The first kappa shape index (κ1) is 17.0. The highest BCUT2D eigenvalue weighted by atomic mass is 14.9. The Morgan fingerprint density at radius 3 is 1.95 bits per heavy atom. The van der Waals surface area contributed by atoms with Gasteiger partial charge in [0.2, 0.25) is 0 Å². The van der Waals surface area contributed by atoms with Gasteiger partial charge < -0.3 is 5.32 Å². The molecular weight excluding hydrogens is 230 g/mol. The summed E-state index contributed by atoms with van der Waals surface area (Å²) in [4.78, 5) is 0. The molecule has 0 saturated heterocycles. The first-order valence-corrected chi connectivity index (χ1v) is 8.97. The molecule has 1 saturated carbocycles. The van der Waals surface area contributed by atoms with Crippen molar-refractivity contribution in [2.45, 2.75) is 97.4 Å². The minimum Gasteiger partial charge on any atom is -0.314 e. The van der Waals surface area contributed by atoms with Crippen molar-refractivity contribution >= 4 is 0 Å². The quantitative estimate of drug-likeness (QED) is 0.458. The molecule has 19 heavy (non-hydrogen) atoms. The van der Waals surface area contributed by atoms with E-state index in [2.05, 4.69) is 26.1 Å². The Bertz CT molecular complexity index is 200. The van der Waals surface area contributed by atoms with Crippen molar-refractivity contribution in [3.05, 3.63) is 0 Å². The lowest BCUT2D eigenvalue weighted by molar-refractivity contribution is 0.153. The first-order valence-electron chi connectivity index (χ1n) is 8.97. The summed E-state index contributed by atoms with van der Waals surface area (Å²) in [6.07, 6.45) is 16.1. The van der Waals surface area contributed by atoms with Crippen LogP contribution in [0.15, 0.2) is 0 Å². The molecule has 0 radical (unpaired) electrons. The summed E-state index contributed by atoms with van der Waals surface area (Å²) >= 11 is 0. The number of nitrogens with one attached hydrogen (secondary N) is 1. The highest BCUT2D eigenvalue weighted by molar-refractivity contribution is 4.82. The van der Waals surface area contributed by atoms with E-state index in [1.807, 2.05) is 0 Å². The van der Waals surface area contributed by atoms with Gasteiger partial charge in [0, 0.05) is 6.04 Å². The van der Waals surface area contributed by atoms with Gasteiger partial charge >= 0.3 is 0 Å². The average molecular weight is 268 g/mol. The maximum absolute atomic E-state index is 3.61. The molecule has 2 atom stereocenters. The van der Waals surface area contributed by atoms with Gasteiger partial charge in [-0.2, -0.15) is 0 Å². The predicted octanol–water partition coefficient (Wildman–Crippen LogP) is 5.54. The van der Waals surface area contributed by atoms with Crippen LogP contribution in [0.25, 0.3) is 0 Å². The lowest BCUT2D eigenvalue weighted by atomic mass is 9.71. The Labute approximate surface area is 121 Å². The molecule has 0 spiro atoms. The van der Waals surface area contributed by atoms with Crippen molar-refractivity contribution < 1.29 is 0 Å². The topological polar surface area (TPSA) is 12.0 Å². The summed E-state index contributed by atoms with van der Waals surface area (Å²) in [7, 11) is 0. The molecule has 1 rings (SSSR count). The summed E-state index contributed by atoms with van der Waals surface area (Å²) in [5, 5.41) is 3.61. The van der Waals surface area contributed by atoms with Crippen molar-refractivity contribution in [3.63, 3.8) is 0 Å². The lowest BCUT2D eigenvalue weighted by Gasteiger charge is -2.37. The highest BCUT2D eigenvalue weighted by Gasteiger charge is 2.29. The molecule has 0 aromatic carbocycles. The van der Waals surface area contributed by atoms with E-state index in [-0.39, 0.29) is 0 Å². The van der Waals surface area contributed by atoms with E-state index in [4.69, 9.17) is 0 Å². The fourth-order valence-corrected chi connectivity index (χ4v) is 3.21. The zero-order valence-corrected chi connectivity index (χ0v) is 13.7. The van der Waals surface area contributed by atoms with Crippen LogP contribution in [0.4, 0.5) is 0 Å². The van der Waals surface area contributed by atoms with E-state index in [1.165, 1.54) is 77.2 Å². The second-order valence-electron chi connectivity index (χ2n) is 6.92. The van der Waals surface area contributed by atoms with Crippen LogP contribution in [0.2, 0.25) is 0 Å². The zero-order valence-electron chi connectivity index (χ0n) is 13.7. The van der Waals surface area contributed by atoms with Gasteiger partial charge in [0.1, 0.15) is 0 Å². The van der Waals surface area contributed by atoms with Gasteiger partial charge in [-0.25, -0.2) is 0 Å². The van der Waals surface area contributed by atoms with Crippen LogP contribution >= 0.6 is 0 Å². The van der Waals surface area contributed by atoms with Crippen molar-refractivity contribution in [2.75, 3.05) is 6.54 Å². The van der Waals surface area contributed by atoms with Crippen LogP contribution in [0.3, 0.4) is 0 Å². The molecule has 0 aromatic heterocycles. The first-order chi connectivity index (χ1) is 9.24. The van der Waals surface area contributed by atoms with Crippen LogP contribution < -0.4 is 5.32 Å². The zero-order chi connectivity index (χ0) is 13.9. The minimum atomic E-state index is 0.657. The molecule has 0 bridgehead atoms. The van der Waals surface area contributed by atoms with Crippen LogP contribution in [-0.2, 0) is 0 Å². The molecular formula is C18H37N. The second kappa shape index (κ2) is 10.7.